The maximum absolute atomic E-state index is 12.0. The van der Waals surface area contributed by atoms with Gasteiger partial charge in [-0.3, -0.25) is 14.4 Å². The Labute approximate surface area is 104 Å². The lowest BCUT2D eigenvalue weighted by Crippen LogP contribution is -2.61. The zero-order chi connectivity index (χ0) is 13.7. The summed E-state index contributed by atoms with van der Waals surface area (Å²) in [7, 11) is 1.41. The van der Waals surface area contributed by atoms with Gasteiger partial charge in [0, 0.05) is 20.2 Å². The van der Waals surface area contributed by atoms with E-state index >= 15 is 0 Å². The van der Waals surface area contributed by atoms with Gasteiger partial charge in [-0.2, -0.15) is 0 Å². The van der Waals surface area contributed by atoms with E-state index < -0.39 is 36.3 Å². The molecule has 4 N–H and O–H groups in total. The minimum Gasteiger partial charge on any atom is -0.481 e. The molecule has 0 aliphatic carbocycles. The number of carbonyl (C=O) groups is 3. The minimum absolute atomic E-state index is 0.0245. The second-order valence-corrected chi connectivity index (χ2v) is 4.00. The Morgan fingerprint density at radius 1 is 1.67 bits per heavy atom. The number of aliphatic carboxylic acids is 1. The molecule has 1 rings (SSSR count). The maximum Gasteiger partial charge on any atom is 0.305 e. The SMILES string of the molecule is COCC(N)C(=O)N1CCNC(=O)C1CC(=O)O. The van der Waals surface area contributed by atoms with E-state index in [1.807, 2.05) is 0 Å². The summed E-state index contributed by atoms with van der Waals surface area (Å²) in [6, 6.07) is -1.90. The number of carboxylic acid groups (broad SMARTS) is 1. The quantitative estimate of drug-likeness (QED) is 0.513. The van der Waals surface area contributed by atoms with Crippen molar-refractivity contribution >= 4 is 17.8 Å². The Kier molecular flexibility index (Phi) is 5.05. The number of carboxylic acids is 1. The second kappa shape index (κ2) is 6.31. The summed E-state index contributed by atoms with van der Waals surface area (Å²) >= 11 is 0. The van der Waals surface area contributed by atoms with Crippen LogP contribution in [0.1, 0.15) is 6.42 Å². The first kappa shape index (κ1) is 14.4. The van der Waals surface area contributed by atoms with Crippen LogP contribution in [0.25, 0.3) is 0 Å². The number of methoxy groups -OCH3 is 1. The molecule has 0 saturated carbocycles. The van der Waals surface area contributed by atoms with Gasteiger partial charge in [-0.1, -0.05) is 0 Å². The van der Waals surface area contributed by atoms with Crippen molar-refractivity contribution in [2.45, 2.75) is 18.5 Å². The molecule has 1 aliphatic rings. The number of carbonyl (C=O) groups excluding carboxylic acids is 2. The highest BCUT2D eigenvalue weighted by atomic mass is 16.5. The van der Waals surface area contributed by atoms with Gasteiger partial charge >= 0.3 is 5.97 Å². The highest BCUT2D eigenvalue weighted by Gasteiger charge is 2.36. The van der Waals surface area contributed by atoms with Crippen LogP contribution in [0.2, 0.25) is 0 Å². The summed E-state index contributed by atoms with van der Waals surface area (Å²) in [5.74, 6) is -2.09. The molecular weight excluding hydrogens is 242 g/mol. The Balaban J connectivity index is 2.78. The predicted octanol–water partition coefficient (Wildman–Crippen LogP) is -2.24. The summed E-state index contributed by atoms with van der Waals surface area (Å²) in [6.45, 7) is 0.567. The van der Waals surface area contributed by atoms with Crippen LogP contribution in [0.5, 0.6) is 0 Å². The van der Waals surface area contributed by atoms with Crippen LogP contribution in [0.15, 0.2) is 0 Å². The Morgan fingerprint density at radius 3 is 2.89 bits per heavy atom. The number of rotatable bonds is 5. The molecule has 18 heavy (non-hydrogen) atoms. The van der Waals surface area contributed by atoms with Crippen LogP contribution in [0, 0.1) is 0 Å². The van der Waals surface area contributed by atoms with Gasteiger partial charge in [-0.25, -0.2) is 0 Å². The van der Waals surface area contributed by atoms with Crippen molar-refractivity contribution < 1.29 is 24.2 Å². The van der Waals surface area contributed by atoms with E-state index in [9.17, 15) is 14.4 Å². The fourth-order valence-corrected chi connectivity index (χ4v) is 1.81. The average molecular weight is 259 g/mol. The van der Waals surface area contributed by atoms with Crippen molar-refractivity contribution in [1.29, 1.82) is 0 Å². The van der Waals surface area contributed by atoms with Crippen molar-refractivity contribution in [2.75, 3.05) is 26.8 Å². The minimum atomic E-state index is -1.14. The lowest BCUT2D eigenvalue weighted by Gasteiger charge is -2.35. The molecule has 0 radical (unpaired) electrons. The number of hydrogen-bond acceptors (Lipinski definition) is 5. The van der Waals surface area contributed by atoms with Crippen molar-refractivity contribution in [1.82, 2.24) is 10.2 Å². The van der Waals surface area contributed by atoms with Crippen molar-refractivity contribution in [3.8, 4) is 0 Å². The molecular formula is C10H17N3O5. The average Bonchev–Trinajstić information content (AvgIpc) is 2.30. The zero-order valence-corrected chi connectivity index (χ0v) is 10.1. The molecule has 8 nitrogen and oxygen atoms in total. The topological polar surface area (TPSA) is 122 Å². The number of hydrogen-bond donors (Lipinski definition) is 3. The summed E-state index contributed by atoms with van der Waals surface area (Å²) in [4.78, 5) is 35.5. The van der Waals surface area contributed by atoms with E-state index in [1.54, 1.807) is 0 Å². The van der Waals surface area contributed by atoms with Gasteiger partial charge in [0.25, 0.3) is 0 Å². The molecule has 102 valence electrons. The molecule has 0 aromatic carbocycles. The number of amides is 2. The van der Waals surface area contributed by atoms with Crippen molar-refractivity contribution in [3.63, 3.8) is 0 Å². The smallest absolute Gasteiger partial charge is 0.305 e. The third kappa shape index (κ3) is 3.41. The molecule has 2 atom stereocenters. The van der Waals surface area contributed by atoms with Crippen LogP contribution in [-0.4, -0.2) is 66.7 Å². The molecule has 1 aliphatic heterocycles. The Bertz CT molecular complexity index is 346. The normalized spacial score (nSPS) is 21.3. The first-order valence-corrected chi connectivity index (χ1v) is 5.52. The van der Waals surface area contributed by atoms with Crippen LogP contribution in [0.4, 0.5) is 0 Å². The van der Waals surface area contributed by atoms with Gasteiger partial charge in [-0.05, 0) is 0 Å². The summed E-state index contributed by atoms with van der Waals surface area (Å²) in [6.07, 6.45) is -0.433. The van der Waals surface area contributed by atoms with Crippen LogP contribution in [0.3, 0.4) is 0 Å². The van der Waals surface area contributed by atoms with Gasteiger partial charge < -0.3 is 25.8 Å². The van der Waals surface area contributed by atoms with E-state index in [0.717, 1.165) is 0 Å². The molecule has 2 unspecified atom stereocenters. The summed E-state index contributed by atoms with van der Waals surface area (Å²) < 4.78 is 4.77. The van der Waals surface area contributed by atoms with E-state index in [2.05, 4.69) is 5.32 Å². The zero-order valence-electron chi connectivity index (χ0n) is 10.1. The summed E-state index contributed by atoms with van der Waals surface area (Å²) in [5.41, 5.74) is 5.60. The summed E-state index contributed by atoms with van der Waals surface area (Å²) in [5, 5.41) is 11.3. The van der Waals surface area contributed by atoms with E-state index in [0.29, 0.717) is 6.54 Å². The third-order valence-corrected chi connectivity index (χ3v) is 2.65. The Morgan fingerprint density at radius 2 is 2.33 bits per heavy atom. The molecule has 1 fully saturated rings. The number of ether oxygens (including phenoxy) is 1. The van der Waals surface area contributed by atoms with E-state index in [-0.39, 0.29) is 13.2 Å². The largest absolute Gasteiger partial charge is 0.481 e. The number of piperazine rings is 1. The molecule has 0 aromatic heterocycles. The molecule has 2 amide bonds. The highest BCUT2D eigenvalue weighted by Crippen LogP contribution is 2.10. The van der Waals surface area contributed by atoms with Gasteiger partial charge in [0.1, 0.15) is 12.1 Å². The number of nitrogens with two attached hydrogens (primary N) is 1. The van der Waals surface area contributed by atoms with Crippen LogP contribution >= 0.6 is 0 Å². The first-order valence-electron chi connectivity index (χ1n) is 5.52. The van der Waals surface area contributed by atoms with Gasteiger partial charge in [0.15, 0.2) is 0 Å². The van der Waals surface area contributed by atoms with Gasteiger partial charge in [0.05, 0.1) is 13.0 Å². The highest BCUT2D eigenvalue weighted by molar-refractivity contribution is 5.93. The van der Waals surface area contributed by atoms with Gasteiger partial charge in [-0.15, -0.1) is 0 Å². The van der Waals surface area contributed by atoms with E-state index in [4.69, 9.17) is 15.6 Å². The number of nitrogens with one attached hydrogen (secondary N) is 1. The van der Waals surface area contributed by atoms with Crippen molar-refractivity contribution in [3.05, 3.63) is 0 Å². The lowest BCUT2D eigenvalue weighted by molar-refractivity contribution is -0.149. The standard InChI is InChI=1S/C10H17N3O5/c1-18-5-6(11)10(17)13-3-2-12-9(16)7(13)4-8(14)15/h6-7H,2-5,11H2,1H3,(H,12,16)(H,14,15). The van der Waals surface area contributed by atoms with Crippen LogP contribution < -0.4 is 11.1 Å². The van der Waals surface area contributed by atoms with Crippen LogP contribution in [-0.2, 0) is 19.1 Å². The molecule has 1 saturated heterocycles. The monoisotopic (exact) mass is 259 g/mol. The van der Waals surface area contributed by atoms with Crippen molar-refractivity contribution in [2.24, 2.45) is 5.73 Å². The fourth-order valence-electron chi connectivity index (χ4n) is 1.81. The fraction of sp³-hybridized carbons (Fsp3) is 0.700. The van der Waals surface area contributed by atoms with Gasteiger partial charge in [0.2, 0.25) is 11.8 Å². The number of nitrogens with zero attached hydrogens (tertiary/aromatic N) is 1. The Hall–Kier alpha value is -1.67. The second-order valence-electron chi connectivity index (χ2n) is 4.00. The molecule has 0 bridgehead atoms. The third-order valence-electron chi connectivity index (χ3n) is 2.65. The first-order chi connectivity index (χ1) is 8.47. The molecule has 0 spiro atoms. The molecule has 8 heteroatoms. The predicted molar refractivity (Wildman–Crippen MR) is 60.6 cm³/mol. The maximum atomic E-state index is 12.0. The molecule has 1 heterocycles. The lowest BCUT2D eigenvalue weighted by atomic mass is 10.1. The van der Waals surface area contributed by atoms with E-state index in [1.165, 1.54) is 12.0 Å². The molecule has 0 aromatic rings.